The van der Waals surface area contributed by atoms with Gasteiger partial charge < -0.3 is 5.32 Å². The smallest absolute Gasteiger partial charge is 0.256 e. The summed E-state index contributed by atoms with van der Waals surface area (Å²) in [6, 6.07) is 29.0. The Morgan fingerprint density at radius 2 is 1.43 bits per heavy atom. The third kappa shape index (κ3) is 3.95. The largest absolute Gasteiger partial charge is 0.307 e. The molecule has 1 N–H and O–H groups in total. The van der Waals surface area contributed by atoms with E-state index in [4.69, 9.17) is 11.6 Å². The van der Waals surface area contributed by atoms with Gasteiger partial charge in [0.1, 0.15) is 5.82 Å². The van der Waals surface area contributed by atoms with Crippen LogP contribution in [0, 0.1) is 0 Å². The molecule has 136 valence electrons. The van der Waals surface area contributed by atoms with Crippen molar-refractivity contribution in [1.82, 2.24) is 4.98 Å². The van der Waals surface area contributed by atoms with Gasteiger partial charge in [0, 0.05) is 22.3 Å². The molecule has 0 unspecified atom stereocenters. The second-order valence-corrected chi connectivity index (χ2v) is 6.71. The zero-order valence-electron chi connectivity index (χ0n) is 15.0. The highest BCUT2D eigenvalue weighted by Crippen LogP contribution is 2.31. The van der Waals surface area contributed by atoms with E-state index >= 15 is 0 Å². The summed E-state index contributed by atoms with van der Waals surface area (Å²) in [4.78, 5) is 16.7. The van der Waals surface area contributed by atoms with Crippen molar-refractivity contribution in [2.75, 3.05) is 5.32 Å². The van der Waals surface area contributed by atoms with E-state index in [1.165, 1.54) is 0 Å². The number of aromatic nitrogens is 1. The summed E-state index contributed by atoms with van der Waals surface area (Å²) in [6.07, 6.45) is 1.64. The van der Waals surface area contributed by atoms with Crippen molar-refractivity contribution in [3.8, 4) is 22.3 Å². The Balaban J connectivity index is 1.61. The molecule has 0 atom stereocenters. The van der Waals surface area contributed by atoms with Crippen LogP contribution in [0.15, 0.2) is 97.2 Å². The van der Waals surface area contributed by atoms with Gasteiger partial charge in [0.25, 0.3) is 5.91 Å². The Bertz CT molecular complexity index is 1090. The maximum absolute atomic E-state index is 12.6. The van der Waals surface area contributed by atoms with Gasteiger partial charge in [0.05, 0.1) is 0 Å². The fourth-order valence-corrected chi connectivity index (χ4v) is 3.21. The maximum Gasteiger partial charge on any atom is 0.256 e. The number of carbonyl (C=O) groups excluding carboxylic acids is 1. The molecule has 0 fully saturated rings. The number of anilines is 1. The topological polar surface area (TPSA) is 42.0 Å². The fourth-order valence-electron chi connectivity index (χ4n) is 2.99. The third-order valence-electron chi connectivity index (χ3n) is 4.44. The molecule has 0 aliphatic carbocycles. The van der Waals surface area contributed by atoms with Gasteiger partial charge in [-0.05, 0) is 47.0 Å². The Labute approximate surface area is 168 Å². The summed E-state index contributed by atoms with van der Waals surface area (Å²) in [5, 5.41) is 3.39. The molecule has 0 spiro atoms. The van der Waals surface area contributed by atoms with Gasteiger partial charge in [0.2, 0.25) is 0 Å². The molecule has 0 aliphatic rings. The van der Waals surface area contributed by atoms with E-state index in [9.17, 15) is 4.79 Å². The van der Waals surface area contributed by atoms with Crippen LogP contribution in [0.2, 0.25) is 5.02 Å². The summed E-state index contributed by atoms with van der Waals surface area (Å²) >= 11 is 6.41. The first-order chi connectivity index (χ1) is 13.7. The minimum absolute atomic E-state index is 0.225. The zero-order valence-corrected chi connectivity index (χ0v) is 15.7. The number of hydrogen-bond acceptors (Lipinski definition) is 2. The molecule has 3 aromatic carbocycles. The molecule has 4 rings (SSSR count). The molecular formula is C24H17ClN2O. The van der Waals surface area contributed by atoms with Crippen molar-refractivity contribution >= 4 is 23.3 Å². The Morgan fingerprint density at radius 1 is 0.750 bits per heavy atom. The van der Waals surface area contributed by atoms with Gasteiger partial charge in [-0.25, -0.2) is 4.98 Å². The molecule has 1 amide bonds. The number of nitrogens with zero attached hydrogens (tertiary/aromatic N) is 1. The average molecular weight is 385 g/mol. The lowest BCUT2D eigenvalue weighted by molar-refractivity contribution is 0.102. The molecule has 0 aliphatic heterocycles. The summed E-state index contributed by atoms with van der Waals surface area (Å²) in [7, 11) is 0. The van der Waals surface area contributed by atoms with Crippen LogP contribution in [0.25, 0.3) is 22.3 Å². The van der Waals surface area contributed by atoms with Gasteiger partial charge in [0.15, 0.2) is 0 Å². The number of pyridine rings is 1. The van der Waals surface area contributed by atoms with Gasteiger partial charge in [-0.2, -0.15) is 0 Å². The van der Waals surface area contributed by atoms with Crippen molar-refractivity contribution in [3.63, 3.8) is 0 Å². The van der Waals surface area contributed by atoms with Crippen LogP contribution in [0.3, 0.4) is 0 Å². The van der Waals surface area contributed by atoms with E-state index < -0.39 is 0 Å². The Morgan fingerprint density at radius 3 is 2.14 bits per heavy atom. The van der Waals surface area contributed by atoms with Gasteiger partial charge in [-0.3, -0.25) is 4.79 Å². The van der Waals surface area contributed by atoms with Crippen LogP contribution in [0.4, 0.5) is 5.82 Å². The van der Waals surface area contributed by atoms with Gasteiger partial charge >= 0.3 is 0 Å². The van der Waals surface area contributed by atoms with Crippen LogP contribution in [-0.4, -0.2) is 10.9 Å². The Kier molecular flexibility index (Phi) is 5.18. The number of rotatable bonds is 4. The number of hydrogen-bond donors (Lipinski definition) is 1. The number of benzene rings is 3. The van der Waals surface area contributed by atoms with Crippen molar-refractivity contribution in [2.45, 2.75) is 0 Å². The lowest BCUT2D eigenvalue weighted by Gasteiger charge is -2.10. The summed E-state index contributed by atoms with van der Waals surface area (Å²) in [5.41, 5.74) is 4.58. The number of nitrogens with one attached hydrogen (secondary N) is 1. The summed E-state index contributed by atoms with van der Waals surface area (Å²) in [5.74, 6) is 0.286. The molecule has 4 aromatic rings. The van der Waals surface area contributed by atoms with E-state index in [1.54, 1.807) is 36.5 Å². The molecule has 0 saturated heterocycles. The van der Waals surface area contributed by atoms with E-state index in [0.29, 0.717) is 16.4 Å². The second-order valence-electron chi connectivity index (χ2n) is 6.31. The van der Waals surface area contributed by atoms with Crippen LogP contribution in [-0.2, 0) is 0 Å². The van der Waals surface area contributed by atoms with Gasteiger partial charge in [-0.15, -0.1) is 0 Å². The standard InChI is InChI=1S/C24H17ClN2O/c25-22-14-13-20(24(28)27-23-8-4-5-15-26-23)16-21(22)19-11-9-18(10-12-19)17-6-2-1-3-7-17/h1-16H,(H,26,27,28). The maximum atomic E-state index is 12.6. The van der Waals surface area contributed by atoms with E-state index in [0.717, 1.165) is 22.3 Å². The van der Waals surface area contributed by atoms with Crippen molar-refractivity contribution in [2.24, 2.45) is 0 Å². The quantitative estimate of drug-likeness (QED) is 0.447. The van der Waals surface area contributed by atoms with E-state index in [2.05, 4.69) is 34.6 Å². The molecule has 1 aromatic heterocycles. The predicted molar refractivity (Wildman–Crippen MR) is 115 cm³/mol. The highest BCUT2D eigenvalue weighted by Gasteiger charge is 2.11. The fraction of sp³-hybridized carbons (Fsp3) is 0. The highest BCUT2D eigenvalue weighted by atomic mass is 35.5. The first kappa shape index (κ1) is 18.0. The van der Waals surface area contributed by atoms with Crippen LogP contribution < -0.4 is 5.32 Å². The van der Waals surface area contributed by atoms with E-state index in [1.807, 2.05) is 36.4 Å². The Hall–Kier alpha value is -3.43. The number of halogens is 1. The number of amides is 1. The van der Waals surface area contributed by atoms with Crippen molar-refractivity contribution in [3.05, 3.63) is 108 Å². The minimum atomic E-state index is -0.225. The van der Waals surface area contributed by atoms with Crippen LogP contribution >= 0.6 is 11.6 Å². The first-order valence-electron chi connectivity index (χ1n) is 8.88. The molecular weight excluding hydrogens is 368 g/mol. The first-order valence-corrected chi connectivity index (χ1v) is 9.26. The predicted octanol–water partition coefficient (Wildman–Crippen LogP) is 6.32. The molecule has 0 saturated carbocycles. The van der Waals surface area contributed by atoms with E-state index in [-0.39, 0.29) is 5.91 Å². The molecule has 4 heteroatoms. The zero-order chi connectivity index (χ0) is 19.3. The molecule has 0 radical (unpaired) electrons. The molecule has 28 heavy (non-hydrogen) atoms. The molecule has 1 heterocycles. The average Bonchev–Trinajstić information content (AvgIpc) is 2.75. The molecule has 3 nitrogen and oxygen atoms in total. The SMILES string of the molecule is O=C(Nc1ccccn1)c1ccc(Cl)c(-c2ccc(-c3ccccc3)cc2)c1. The van der Waals surface area contributed by atoms with Crippen LogP contribution in [0.5, 0.6) is 0 Å². The third-order valence-corrected chi connectivity index (χ3v) is 4.77. The monoisotopic (exact) mass is 384 g/mol. The van der Waals surface area contributed by atoms with Crippen LogP contribution in [0.1, 0.15) is 10.4 Å². The molecule has 0 bridgehead atoms. The number of carbonyl (C=O) groups is 1. The lowest BCUT2D eigenvalue weighted by Crippen LogP contribution is -2.12. The van der Waals surface area contributed by atoms with Crippen molar-refractivity contribution in [1.29, 1.82) is 0 Å². The second kappa shape index (κ2) is 8.07. The highest BCUT2D eigenvalue weighted by molar-refractivity contribution is 6.33. The summed E-state index contributed by atoms with van der Waals surface area (Å²) in [6.45, 7) is 0. The summed E-state index contributed by atoms with van der Waals surface area (Å²) < 4.78 is 0. The normalized spacial score (nSPS) is 10.5. The van der Waals surface area contributed by atoms with Gasteiger partial charge in [-0.1, -0.05) is 72.3 Å². The lowest BCUT2D eigenvalue weighted by atomic mass is 9.99. The minimum Gasteiger partial charge on any atom is -0.307 e. The van der Waals surface area contributed by atoms with Crippen molar-refractivity contribution < 1.29 is 4.79 Å².